The SMILES string of the molecule is Cc1cc(C)c(N2C(=O)[C@@H]3[C@H](C2=O)[C@@H]2CC(=O)[C@H]3c3ccccc32)c(C)c1. The summed E-state index contributed by atoms with van der Waals surface area (Å²) in [7, 11) is 0. The Morgan fingerprint density at radius 1 is 0.852 bits per heavy atom. The minimum absolute atomic E-state index is 0.0975. The molecule has 4 nitrogen and oxygen atoms in total. The van der Waals surface area contributed by atoms with Crippen LogP contribution in [0.5, 0.6) is 0 Å². The summed E-state index contributed by atoms with van der Waals surface area (Å²) in [6, 6.07) is 11.8. The predicted octanol–water partition coefficient (Wildman–Crippen LogP) is 3.57. The molecule has 2 fully saturated rings. The molecule has 6 rings (SSSR count). The summed E-state index contributed by atoms with van der Waals surface area (Å²) in [6.45, 7) is 5.88. The highest BCUT2D eigenvalue weighted by Gasteiger charge is 2.62. The van der Waals surface area contributed by atoms with E-state index in [1.807, 2.05) is 57.2 Å². The average Bonchev–Trinajstić information content (AvgIpc) is 2.87. The van der Waals surface area contributed by atoms with Crippen LogP contribution in [0, 0.1) is 32.6 Å². The Labute approximate surface area is 158 Å². The lowest BCUT2D eigenvalue weighted by Gasteiger charge is -2.43. The zero-order valence-corrected chi connectivity index (χ0v) is 15.7. The van der Waals surface area contributed by atoms with Crippen LogP contribution in [0.15, 0.2) is 36.4 Å². The number of fused-ring (bicyclic) bond motifs is 1. The zero-order chi connectivity index (χ0) is 19.0. The van der Waals surface area contributed by atoms with Gasteiger partial charge in [-0.25, -0.2) is 4.90 Å². The lowest BCUT2D eigenvalue weighted by atomic mass is 9.56. The van der Waals surface area contributed by atoms with Gasteiger partial charge in [0, 0.05) is 12.3 Å². The fraction of sp³-hybridized carbons (Fsp3) is 0.348. The van der Waals surface area contributed by atoms with Crippen LogP contribution in [0.2, 0.25) is 0 Å². The number of nitrogens with zero attached hydrogens (tertiary/aromatic N) is 1. The van der Waals surface area contributed by atoms with Crippen molar-refractivity contribution in [2.75, 3.05) is 4.90 Å². The van der Waals surface area contributed by atoms with Gasteiger partial charge in [0.1, 0.15) is 5.78 Å². The van der Waals surface area contributed by atoms with Gasteiger partial charge >= 0.3 is 0 Å². The number of anilines is 1. The molecule has 4 heteroatoms. The van der Waals surface area contributed by atoms with Crippen LogP contribution < -0.4 is 4.90 Å². The van der Waals surface area contributed by atoms with Gasteiger partial charge in [0.05, 0.1) is 23.4 Å². The zero-order valence-electron chi connectivity index (χ0n) is 15.7. The highest BCUT2D eigenvalue weighted by atomic mass is 16.2. The van der Waals surface area contributed by atoms with Crippen LogP contribution in [0.1, 0.15) is 46.1 Å². The number of amides is 2. The summed E-state index contributed by atoms with van der Waals surface area (Å²) in [4.78, 5) is 41.0. The molecule has 0 spiro atoms. The summed E-state index contributed by atoms with van der Waals surface area (Å²) < 4.78 is 0. The number of aryl methyl sites for hydroxylation is 3. The standard InChI is InChI=1S/C23H21NO3/c1-11-8-12(2)21(13(3)9-11)24-22(26)19-16-10-17(25)18(20(19)23(24)27)15-7-5-4-6-14(15)16/h4-9,16,18-20H,10H2,1-3H3/t16-,18-,19-,20+/m1/s1. The Hall–Kier alpha value is -2.75. The van der Waals surface area contributed by atoms with E-state index in [4.69, 9.17) is 0 Å². The number of benzene rings is 2. The molecule has 2 amide bonds. The van der Waals surface area contributed by atoms with Crippen LogP contribution in [0.25, 0.3) is 0 Å². The number of imide groups is 1. The van der Waals surface area contributed by atoms with E-state index in [0.29, 0.717) is 12.1 Å². The Balaban J connectivity index is 1.68. The first kappa shape index (κ1) is 16.4. The van der Waals surface area contributed by atoms with Gasteiger partial charge in [-0.1, -0.05) is 42.0 Å². The van der Waals surface area contributed by atoms with Crippen molar-refractivity contribution < 1.29 is 14.4 Å². The topological polar surface area (TPSA) is 54.5 Å². The van der Waals surface area contributed by atoms with Crippen LogP contribution in [-0.2, 0) is 14.4 Å². The maximum atomic E-state index is 13.4. The molecule has 4 atom stereocenters. The number of hydrogen-bond donors (Lipinski definition) is 0. The summed E-state index contributed by atoms with van der Waals surface area (Å²) >= 11 is 0. The molecule has 4 aliphatic rings. The van der Waals surface area contributed by atoms with Crippen molar-refractivity contribution in [1.29, 1.82) is 0 Å². The predicted molar refractivity (Wildman–Crippen MR) is 102 cm³/mol. The van der Waals surface area contributed by atoms with Crippen molar-refractivity contribution in [3.05, 3.63) is 64.2 Å². The number of carbonyl (C=O) groups is 3. The van der Waals surface area contributed by atoms with Gasteiger partial charge < -0.3 is 0 Å². The van der Waals surface area contributed by atoms with Crippen LogP contribution >= 0.6 is 0 Å². The molecule has 1 aliphatic heterocycles. The molecule has 2 aromatic rings. The minimum atomic E-state index is -0.557. The van der Waals surface area contributed by atoms with Crippen LogP contribution in [0.3, 0.4) is 0 Å². The van der Waals surface area contributed by atoms with Crippen LogP contribution in [0.4, 0.5) is 5.69 Å². The second kappa shape index (κ2) is 5.38. The van der Waals surface area contributed by atoms with E-state index in [-0.39, 0.29) is 23.5 Å². The summed E-state index contributed by atoms with van der Waals surface area (Å²) in [5, 5.41) is 0. The number of ketones is 1. The van der Waals surface area contributed by atoms with Crippen molar-refractivity contribution in [3.63, 3.8) is 0 Å². The van der Waals surface area contributed by atoms with E-state index in [0.717, 1.165) is 27.8 Å². The fourth-order valence-electron chi connectivity index (χ4n) is 5.70. The molecule has 0 unspecified atom stereocenters. The summed E-state index contributed by atoms with van der Waals surface area (Å²) in [5.74, 6) is -1.90. The maximum Gasteiger partial charge on any atom is 0.238 e. The third-order valence-electron chi connectivity index (χ3n) is 6.55. The third kappa shape index (κ3) is 2.01. The Morgan fingerprint density at radius 3 is 2.11 bits per heavy atom. The molecule has 2 aromatic carbocycles. The van der Waals surface area contributed by atoms with Gasteiger partial charge in [0.2, 0.25) is 11.8 Å². The van der Waals surface area contributed by atoms with E-state index in [9.17, 15) is 14.4 Å². The van der Waals surface area contributed by atoms with Crippen molar-refractivity contribution in [2.45, 2.75) is 39.0 Å². The maximum absolute atomic E-state index is 13.4. The molecule has 0 N–H and O–H groups in total. The number of carbonyl (C=O) groups excluding carboxylic acids is 3. The van der Waals surface area contributed by atoms with E-state index < -0.39 is 17.8 Å². The first-order valence-corrected chi connectivity index (χ1v) is 9.47. The Kier molecular flexibility index (Phi) is 3.27. The molecular formula is C23H21NO3. The van der Waals surface area contributed by atoms with Crippen molar-refractivity contribution in [2.24, 2.45) is 11.8 Å². The van der Waals surface area contributed by atoms with Gasteiger partial charge in [-0.15, -0.1) is 0 Å². The van der Waals surface area contributed by atoms with Crippen molar-refractivity contribution >= 4 is 23.3 Å². The lowest BCUT2D eigenvalue weighted by molar-refractivity contribution is -0.134. The molecule has 27 heavy (non-hydrogen) atoms. The van der Waals surface area contributed by atoms with Gasteiger partial charge in [0.15, 0.2) is 0 Å². The monoisotopic (exact) mass is 359 g/mol. The van der Waals surface area contributed by atoms with Crippen molar-refractivity contribution in [3.8, 4) is 0 Å². The Bertz CT molecular complexity index is 1010. The third-order valence-corrected chi connectivity index (χ3v) is 6.55. The molecule has 3 aliphatic carbocycles. The van der Waals surface area contributed by atoms with E-state index in [2.05, 4.69) is 0 Å². The van der Waals surface area contributed by atoms with Crippen molar-refractivity contribution in [1.82, 2.24) is 0 Å². The fourth-order valence-corrected chi connectivity index (χ4v) is 5.70. The smallest absolute Gasteiger partial charge is 0.238 e. The number of rotatable bonds is 1. The normalized spacial score (nSPS) is 28.6. The second-order valence-corrected chi connectivity index (χ2v) is 8.19. The van der Waals surface area contributed by atoms with Crippen LogP contribution in [-0.4, -0.2) is 17.6 Å². The highest BCUT2D eigenvalue weighted by Crippen LogP contribution is 2.58. The largest absolute Gasteiger partial charge is 0.299 e. The molecule has 1 saturated carbocycles. The second-order valence-electron chi connectivity index (χ2n) is 8.19. The van der Waals surface area contributed by atoms with E-state index in [1.165, 1.54) is 4.90 Å². The highest BCUT2D eigenvalue weighted by molar-refractivity contribution is 6.25. The summed E-state index contributed by atoms with van der Waals surface area (Å²) in [5.41, 5.74) is 5.66. The van der Waals surface area contributed by atoms with Gasteiger partial charge in [0.25, 0.3) is 0 Å². The summed E-state index contributed by atoms with van der Waals surface area (Å²) in [6.07, 6.45) is 0.363. The van der Waals surface area contributed by atoms with E-state index in [1.54, 1.807) is 0 Å². The first-order valence-electron chi connectivity index (χ1n) is 9.47. The molecule has 1 heterocycles. The molecule has 0 radical (unpaired) electrons. The molecule has 1 saturated heterocycles. The number of Topliss-reactive ketones (excluding diaryl/α,β-unsaturated/α-hetero) is 1. The van der Waals surface area contributed by atoms with E-state index >= 15 is 0 Å². The van der Waals surface area contributed by atoms with Gasteiger partial charge in [-0.05, 0) is 43.0 Å². The van der Waals surface area contributed by atoms with Gasteiger partial charge in [-0.2, -0.15) is 0 Å². The molecular weight excluding hydrogens is 338 g/mol. The quantitative estimate of drug-likeness (QED) is 0.732. The molecule has 136 valence electrons. The Morgan fingerprint density at radius 2 is 1.44 bits per heavy atom. The lowest BCUT2D eigenvalue weighted by Crippen LogP contribution is -2.44. The minimum Gasteiger partial charge on any atom is -0.299 e. The average molecular weight is 359 g/mol. The number of hydrogen-bond acceptors (Lipinski definition) is 3. The molecule has 2 bridgehead atoms. The van der Waals surface area contributed by atoms with Gasteiger partial charge in [-0.3, -0.25) is 14.4 Å². The molecule has 0 aromatic heterocycles. The first-order chi connectivity index (χ1) is 12.9.